The Morgan fingerprint density at radius 3 is 3.11 bits per heavy atom. The predicted octanol–water partition coefficient (Wildman–Crippen LogP) is 0.309. The normalized spacial score (nSPS) is 10.5. The van der Waals surface area contributed by atoms with E-state index in [0.29, 0.717) is 30.1 Å². The molecule has 8 heteroatoms. The molecular weight excluding hydrogens is 252 g/mol. The van der Waals surface area contributed by atoms with Gasteiger partial charge in [0.25, 0.3) is 5.91 Å². The van der Waals surface area contributed by atoms with Gasteiger partial charge in [-0.1, -0.05) is 11.4 Å². The van der Waals surface area contributed by atoms with Crippen molar-refractivity contribution in [2.75, 3.05) is 12.3 Å². The molecule has 0 fully saturated rings. The van der Waals surface area contributed by atoms with Crippen LogP contribution in [-0.2, 0) is 13.0 Å². The molecule has 0 aliphatic carbocycles. The zero-order valence-corrected chi connectivity index (χ0v) is 10.8. The average molecular weight is 266 g/mol. The summed E-state index contributed by atoms with van der Waals surface area (Å²) in [5, 5.41) is 10.7. The molecule has 2 aromatic rings. The summed E-state index contributed by atoms with van der Waals surface area (Å²) in [6.45, 7) is 3.01. The summed E-state index contributed by atoms with van der Waals surface area (Å²) in [4.78, 5) is 12.4. The Morgan fingerprint density at radius 1 is 1.61 bits per heavy atom. The third-order valence-electron chi connectivity index (χ3n) is 2.38. The molecule has 2 aromatic heterocycles. The van der Waals surface area contributed by atoms with Crippen molar-refractivity contribution in [1.82, 2.24) is 24.7 Å². The second-order valence-corrected chi connectivity index (χ2v) is 4.45. The Balaban J connectivity index is 1.85. The first-order valence-corrected chi connectivity index (χ1v) is 6.35. The van der Waals surface area contributed by atoms with Crippen LogP contribution in [0.2, 0.25) is 0 Å². The first kappa shape index (κ1) is 12.5. The molecule has 96 valence electrons. The fourth-order valence-electron chi connectivity index (χ4n) is 1.48. The van der Waals surface area contributed by atoms with Crippen LogP contribution in [-0.4, -0.2) is 31.8 Å². The second-order valence-electron chi connectivity index (χ2n) is 3.69. The number of nitrogen functional groups attached to an aromatic ring is 1. The summed E-state index contributed by atoms with van der Waals surface area (Å²) in [5.74, 6) is -0.137. The van der Waals surface area contributed by atoms with Gasteiger partial charge in [-0.05, 0) is 18.0 Å². The maximum atomic E-state index is 11.8. The van der Waals surface area contributed by atoms with E-state index in [2.05, 4.69) is 20.0 Å². The maximum Gasteiger partial charge on any atom is 0.265 e. The molecule has 0 radical (unpaired) electrons. The van der Waals surface area contributed by atoms with E-state index in [9.17, 15) is 4.79 Å². The number of aryl methyl sites for hydroxylation is 1. The fraction of sp³-hybridized carbons (Fsp3) is 0.400. The second kappa shape index (κ2) is 5.58. The van der Waals surface area contributed by atoms with Crippen molar-refractivity contribution in [1.29, 1.82) is 0 Å². The zero-order valence-electron chi connectivity index (χ0n) is 9.96. The molecule has 1 amide bonds. The fourth-order valence-corrected chi connectivity index (χ4v) is 2.15. The van der Waals surface area contributed by atoms with Crippen LogP contribution < -0.4 is 11.1 Å². The van der Waals surface area contributed by atoms with Gasteiger partial charge in [-0.15, -0.1) is 5.10 Å². The van der Waals surface area contributed by atoms with Crippen LogP contribution >= 0.6 is 11.5 Å². The lowest BCUT2D eigenvalue weighted by atomic mass is 10.3. The van der Waals surface area contributed by atoms with Gasteiger partial charge in [0.1, 0.15) is 4.88 Å². The number of carbonyl (C=O) groups is 1. The minimum atomic E-state index is -0.137. The predicted molar refractivity (Wildman–Crippen MR) is 68.3 cm³/mol. The van der Waals surface area contributed by atoms with Gasteiger partial charge >= 0.3 is 0 Å². The van der Waals surface area contributed by atoms with E-state index >= 15 is 0 Å². The SMILES string of the molecule is CCc1nnsc1C(=O)NCCn1cc(N)cn1. The summed E-state index contributed by atoms with van der Waals surface area (Å²) < 4.78 is 5.46. The summed E-state index contributed by atoms with van der Waals surface area (Å²) in [7, 11) is 0. The number of hydrogen-bond donors (Lipinski definition) is 2. The number of nitrogens with two attached hydrogens (primary N) is 1. The first-order chi connectivity index (χ1) is 8.70. The van der Waals surface area contributed by atoms with Gasteiger partial charge < -0.3 is 11.1 Å². The molecule has 0 aliphatic rings. The Morgan fingerprint density at radius 2 is 2.44 bits per heavy atom. The van der Waals surface area contributed by atoms with Crippen LogP contribution in [0.3, 0.4) is 0 Å². The summed E-state index contributed by atoms with van der Waals surface area (Å²) >= 11 is 1.12. The van der Waals surface area contributed by atoms with Gasteiger partial charge in [-0.2, -0.15) is 5.10 Å². The molecule has 0 aliphatic heterocycles. The van der Waals surface area contributed by atoms with Gasteiger partial charge in [-0.25, -0.2) is 0 Å². The number of aromatic nitrogens is 4. The van der Waals surface area contributed by atoms with Crippen LogP contribution in [0.4, 0.5) is 5.69 Å². The average Bonchev–Trinajstić information content (AvgIpc) is 2.97. The highest BCUT2D eigenvalue weighted by Gasteiger charge is 2.14. The van der Waals surface area contributed by atoms with Crippen molar-refractivity contribution in [3.63, 3.8) is 0 Å². The van der Waals surface area contributed by atoms with Gasteiger partial charge in [-0.3, -0.25) is 9.48 Å². The lowest BCUT2D eigenvalue weighted by molar-refractivity contribution is 0.0955. The molecule has 0 bridgehead atoms. The van der Waals surface area contributed by atoms with E-state index in [-0.39, 0.29) is 5.91 Å². The molecule has 0 unspecified atom stereocenters. The van der Waals surface area contributed by atoms with Gasteiger partial charge in [0, 0.05) is 12.7 Å². The van der Waals surface area contributed by atoms with E-state index in [1.54, 1.807) is 17.1 Å². The van der Waals surface area contributed by atoms with E-state index in [0.717, 1.165) is 17.2 Å². The third-order valence-corrected chi connectivity index (χ3v) is 3.14. The Hall–Kier alpha value is -1.96. The number of anilines is 1. The molecule has 0 aromatic carbocycles. The molecular formula is C10H14N6OS. The van der Waals surface area contributed by atoms with Gasteiger partial charge in [0.2, 0.25) is 0 Å². The van der Waals surface area contributed by atoms with Crippen molar-refractivity contribution < 1.29 is 4.79 Å². The number of hydrogen-bond acceptors (Lipinski definition) is 6. The number of nitrogens with zero attached hydrogens (tertiary/aromatic N) is 4. The molecule has 0 atom stereocenters. The summed E-state index contributed by atoms with van der Waals surface area (Å²) in [5.41, 5.74) is 6.89. The largest absolute Gasteiger partial charge is 0.396 e. The highest BCUT2D eigenvalue weighted by atomic mass is 32.1. The molecule has 0 saturated carbocycles. The molecule has 2 heterocycles. The number of carbonyl (C=O) groups excluding carboxylic acids is 1. The smallest absolute Gasteiger partial charge is 0.265 e. The van der Waals surface area contributed by atoms with Crippen molar-refractivity contribution >= 4 is 23.1 Å². The minimum Gasteiger partial charge on any atom is -0.396 e. The lowest BCUT2D eigenvalue weighted by Crippen LogP contribution is -2.27. The molecule has 2 rings (SSSR count). The van der Waals surface area contributed by atoms with Gasteiger partial charge in [0.05, 0.1) is 24.1 Å². The molecule has 3 N–H and O–H groups in total. The Kier molecular flexibility index (Phi) is 3.88. The van der Waals surface area contributed by atoms with E-state index in [4.69, 9.17) is 5.73 Å². The van der Waals surface area contributed by atoms with E-state index < -0.39 is 0 Å². The highest BCUT2D eigenvalue weighted by Crippen LogP contribution is 2.10. The van der Waals surface area contributed by atoms with E-state index in [1.165, 1.54) is 0 Å². The topological polar surface area (TPSA) is 98.7 Å². The van der Waals surface area contributed by atoms with E-state index in [1.807, 2.05) is 6.92 Å². The van der Waals surface area contributed by atoms with Crippen molar-refractivity contribution in [2.24, 2.45) is 0 Å². The standard InChI is InChI=1S/C10H14N6OS/c1-2-8-9(18-15-14-8)10(17)12-3-4-16-6-7(11)5-13-16/h5-6H,2-4,11H2,1H3,(H,12,17). The molecule has 0 saturated heterocycles. The van der Waals surface area contributed by atoms with Crippen LogP contribution in [0.5, 0.6) is 0 Å². The van der Waals surface area contributed by atoms with Gasteiger partial charge in [0.15, 0.2) is 0 Å². The monoisotopic (exact) mass is 266 g/mol. The minimum absolute atomic E-state index is 0.137. The quantitative estimate of drug-likeness (QED) is 0.811. The van der Waals surface area contributed by atoms with Crippen molar-refractivity contribution in [3.05, 3.63) is 23.0 Å². The summed E-state index contributed by atoms with van der Waals surface area (Å²) in [6, 6.07) is 0. The lowest BCUT2D eigenvalue weighted by Gasteiger charge is -2.04. The third kappa shape index (κ3) is 2.83. The molecule has 0 spiro atoms. The maximum absolute atomic E-state index is 11.8. The number of rotatable bonds is 5. The number of nitrogens with one attached hydrogen (secondary N) is 1. The van der Waals surface area contributed by atoms with Crippen LogP contribution in [0.25, 0.3) is 0 Å². The molecule has 18 heavy (non-hydrogen) atoms. The Bertz CT molecular complexity index is 534. The van der Waals surface area contributed by atoms with Crippen molar-refractivity contribution in [2.45, 2.75) is 19.9 Å². The number of amides is 1. The highest BCUT2D eigenvalue weighted by molar-refractivity contribution is 7.08. The van der Waals surface area contributed by atoms with Crippen LogP contribution in [0.15, 0.2) is 12.4 Å². The van der Waals surface area contributed by atoms with Crippen LogP contribution in [0, 0.1) is 0 Å². The van der Waals surface area contributed by atoms with Crippen molar-refractivity contribution in [3.8, 4) is 0 Å². The first-order valence-electron chi connectivity index (χ1n) is 5.58. The molecule has 7 nitrogen and oxygen atoms in total. The summed E-state index contributed by atoms with van der Waals surface area (Å²) in [6.07, 6.45) is 4.00. The van der Waals surface area contributed by atoms with Crippen LogP contribution in [0.1, 0.15) is 22.3 Å². The zero-order chi connectivity index (χ0) is 13.0. The Labute approximate surface area is 108 Å².